The van der Waals surface area contributed by atoms with E-state index in [1.54, 1.807) is 37.2 Å². The summed E-state index contributed by atoms with van der Waals surface area (Å²) >= 11 is 17.7. The molecule has 0 bridgehead atoms. The molecule has 0 aromatic heterocycles. The molecule has 134 valence electrons. The van der Waals surface area contributed by atoms with E-state index in [1.165, 1.54) is 4.90 Å². The summed E-state index contributed by atoms with van der Waals surface area (Å²) in [5.41, 5.74) is 2.16. The number of rotatable bonds is 4. The number of carbonyl (C=O) groups excluding carboxylic acids is 1. The predicted molar refractivity (Wildman–Crippen MR) is 108 cm³/mol. The van der Waals surface area contributed by atoms with Crippen LogP contribution < -0.4 is 4.74 Å². The normalized spacial score (nSPS) is 15.9. The van der Waals surface area contributed by atoms with E-state index in [2.05, 4.69) is 0 Å². The lowest BCUT2D eigenvalue weighted by Crippen LogP contribution is -2.26. The van der Waals surface area contributed by atoms with Gasteiger partial charge in [0, 0.05) is 24.7 Å². The fraction of sp³-hybridized carbons (Fsp3) is 0.158. The second-order valence-electron chi connectivity index (χ2n) is 5.81. The minimum atomic E-state index is -0.146. The molecular formula is C19H16Cl2N2O2S. The highest BCUT2D eigenvalue weighted by atomic mass is 35.5. The summed E-state index contributed by atoms with van der Waals surface area (Å²) in [6.45, 7) is 0.320. The average molecular weight is 407 g/mol. The predicted octanol–water partition coefficient (Wildman–Crippen LogP) is 4.60. The molecule has 1 aliphatic rings. The van der Waals surface area contributed by atoms with Crippen molar-refractivity contribution in [2.45, 2.75) is 6.61 Å². The molecule has 0 atom stereocenters. The van der Waals surface area contributed by atoms with Gasteiger partial charge in [-0.25, -0.2) is 0 Å². The van der Waals surface area contributed by atoms with Crippen LogP contribution >= 0.6 is 35.4 Å². The first-order valence-corrected chi connectivity index (χ1v) is 8.98. The smallest absolute Gasteiger partial charge is 0.276 e. The Kier molecular flexibility index (Phi) is 5.51. The maximum absolute atomic E-state index is 12.2. The summed E-state index contributed by atoms with van der Waals surface area (Å²) in [4.78, 5) is 15.3. The van der Waals surface area contributed by atoms with Crippen molar-refractivity contribution in [3.05, 3.63) is 69.3 Å². The maximum atomic E-state index is 12.2. The molecule has 2 aromatic carbocycles. The van der Waals surface area contributed by atoms with Crippen molar-refractivity contribution in [1.29, 1.82) is 0 Å². The van der Waals surface area contributed by atoms with Gasteiger partial charge in [-0.2, -0.15) is 0 Å². The Labute approximate surface area is 167 Å². The first kappa shape index (κ1) is 18.7. The van der Waals surface area contributed by atoms with Gasteiger partial charge in [-0.05, 0) is 42.1 Å². The molecule has 1 amide bonds. The second kappa shape index (κ2) is 7.66. The third-order valence-corrected chi connectivity index (χ3v) is 5.27. The van der Waals surface area contributed by atoms with Crippen molar-refractivity contribution in [3.8, 4) is 5.75 Å². The van der Waals surface area contributed by atoms with E-state index in [0.29, 0.717) is 33.2 Å². The van der Waals surface area contributed by atoms with Gasteiger partial charge in [0.25, 0.3) is 5.91 Å². The van der Waals surface area contributed by atoms with Gasteiger partial charge in [0.05, 0.1) is 5.02 Å². The minimum Gasteiger partial charge on any atom is -0.487 e. The van der Waals surface area contributed by atoms with Gasteiger partial charge >= 0.3 is 0 Å². The van der Waals surface area contributed by atoms with Gasteiger partial charge in [-0.15, -0.1) is 0 Å². The molecule has 4 nitrogen and oxygen atoms in total. The van der Waals surface area contributed by atoms with E-state index in [0.717, 1.165) is 11.1 Å². The fourth-order valence-corrected chi connectivity index (χ4v) is 3.16. The van der Waals surface area contributed by atoms with Gasteiger partial charge in [0.2, 0.25) is 0 Å². The van der Waals surface area contributed by atoms with E-state index in [1.807, 2.05) is 30.3 Å². The maximum Gasteiger partial charge on any atom is 0.276 e. The van der Waals surface area contributed by atoms with E-state index in [4.69, 9.17) is 40.2 Å². The minimum absolute atomic E-state index is 0.146. The summed E-state index contributed by atoms with van der Waals surface area (Å²) in [7, 11) is 3.42. The number of thiocarbonyl (C=S) groups is 1. The Morgan fingerprint density at radius 3 is 2.42 bits per heavy atom. The van der Waals surface area contributed by atoms with E-state index in [9.17, 15) is 4.79 Å². The van der Waals surface area contributed by atoms with Crippen LogP contribution in [0.1, 0.15) is 11.1 Å². The second-order valence-corrected chi connectivity index (χ2v) is 6.98. The fourth-order valence-electron chi connectivity index (χ4n) is 2.54. The summed E-state index contributed by atoms with van der Waals surface area (Å²) in [5.74, 6) is 0.403. The van der Waals surface area contributed by atoms with Gasteiger partial charge in [-0.1, -0.05) is 47.5 Å². The largest absolute Gasteiger partial charge is 0.487 e. The first-order chi connectivity index (χ1) is 12.4. The van der Waals surface area contributed by atoms with E-state index >= 15 is 0 Å². The zero-order valence-electron chi connectivity index (χ0n) is 14.2. The van der Waals surface area contributed by atoms with Crippen LogP contribution in [-0.4, -0.2) is 34.9 Å². The van der Waals surface area contributed by atoms with Gasteiger partial charge in [0.15, 0.2) is 5.11 Å². The quantitative estimate of drug-likeness (QED) is 0.548. The van der Waals surface area contributed by atoms with Crippen LogP contribution in [0, 0.1) is 0 Å². The molecular weight excluding hydrogens is 391 g/mol. The molecule has 3 rings (SSSR count). The van der Waals surface area contributed by atoms with Crippen molar-refractivity contribution in [2.75, 3.05) is 14.1 Å². The van der Waals surface area contributed by atoms with Crippen LogP contribution in [0.4, 0.5) is 0 Å². The van der Waals surface area contributed by atoms with Crippen LogP contribution in [0.3, 0.4) is 0 Å². The third kappa shape index (κ3) is 3.70. The van der Waals surface area contributed by atoms with Crippen molar-refractivity contribution in [2.24, 2.45) is 0 Å². The monoisotopic (exact) mass is 406 g/mol. The topological polar surface area (TPSA) is 32.8 Å². The molecule has 1 aliphatic heterocycles. The highest BCUT2D eigenvalue weighted by Crippen LogP contribution is 2.29. The van der Waals surface area contributed by atoms with E-state index < -0.39 is 0 Å². The number of carbonyl (C=O) groups is 1. The molecule has 0 unspecified atom stereocenters. The number of hydrogen-bond acceptors (Lipinski definition) is 3. The number of hydrogen-bond donors (Lipinski definition) is 0. The summed E-state index contributed by atoms with van der Waals surface area (Å²) in [6.07, 6.45) is 1.75. The molecule has 26 heavy (non-hydrogen) atoms. The Hall–Kier alpha value is -2.08. The number of halogens is 2. The lowest BCUT2D eigenvalue weighted by molar-refractivity contribution is -0.121. The molecule has 0 spiro atoms. The molecule has 0 radical (unpaired) electrons. The number of ether oxygens (including phenoxy) is 1. The Bertz CT molecular complexity index is 914. The van der Waals surface area contributed by atoms with Gasteiger partial charge < -0.3 is 9.64 Å². The van der Waals surface area contributed by atoms with E-state index in [-0.39, 0.29) is 5.91 Å². The van der Waals surface area contributed by atoms with Gasteiger partial charge in [0.1, 0.15) is 18.1 Å². The molecule has 1 fully saturated rings. The van der Waals surface area contributed by atoms with Crippen molar-refractivity contribution in [1.82, 2.24) is 9.80 Å². The first-order valence-electron chi connectivity index (χ1n) is 7.81. The third-order valence-electron chi connectivity index (χ3n) is 4.06. The Balaban J connectivity index is 1.78. The van der Waals surface area contributed by atoms with Crippen LogP contribution in [0.15, 0.2) is 48.2 Å². The van der Waals surface area contributed by atoms with Crippen LogP contribution in [0.2, 0.25) is 10.0 Å². The highest BCUT2D eigenvalue weighted by Gasteiger charge is 2.32. The number of amides is 1. The zero-order valence-corrected chi connectivity index (χ0v) is 16.5. The van der Waals surface area contributed by atoms with Crippen molar-refractivity contribution >= 4 is 52.5 Å². The molecule has 0 saturated carbocycles. The number of benzene rings is 2. The van der Waals surface area contributed by atoms with Gasteiger partial charge in [-0.3, -0.25) is 9.69 Å². The molecule has 1 saturated heterocycles. The molecule has 0 aliphatic carbocycles. The lowest BCUT2D eigenvalue weighted by Gasteiger charge is -2.12. The summed E-state index contributed by atoms with van der Waals surface area (Å²) in [6, 6.07) is 12.8. The van der Waals surface area contributed by atoms with Crippen molar-refractivity contribution in [3.63, 3.8) is 0 Å². The number of nitrogens with zero attached hydrogens (tertiary/aromatic N) is 2. The van der Waals surface area contributed by atoms with Crippen LogP contribution in [0.5, 0.6) is 5.75 Å². The highest BCUT2D eigenvalue weighted by molar-refractivity contribution is 7.80. The summed E-state index contributed by atoms with van der Waals surface area (Å²) < 4.78 is 5.76. The average Bonchev–Trinajstić information content (AvgIpc) is 2.80. The summed E-state index contributed by atoms with van der Waals surface area (Å²) in [5, 5.41) is 1.57. The molecule has 1 heterocycles. The number of likely N-dealkylation sites (N-methyl/N-ethyl adjacent to an activating group) is 2. The Morgan fingerprint density at radius 2 is 1.81 bits per heavy atom. The standard InChI is InChI=1S/C19H16Cl2N2O2S/c1-22-16(18(24)23(2)19(22)26)10-12-7-8-17(15(21)9-12)25-11-13-5-3-4-6-14(13)20/h3-10H,11H2,1-2H3/b16-10-. The van der Waals surface area contributed by atoms with Crippen LogP contribution in [-0.2, 0) is 11.4 Å². The lowest BCUT2D eigenvalue weighted by atomic mass is 10.1. The van der Waals surface area contributed by atoms with Crippen molar-refractivity contribution < 1.29 is 9.53 Å². The Morgan fingerprint density at radius 1 is 1.08 bits per heavy atom. The molecule has 0 N–H and O–H groups in total. The zero-order chi connectivity index (χ0) is 18.8. The SMILES string of the molecule is CN1C(=O)/C(=C/c2ccc(OCc3ccccc3Cl)c(Cl)c2)N(C)C1=S. The van der Waals surface area contributed by atoms with Crippen LogP contribution in [0.25, 0.3) is 6.08 Å². The molecule has 2 aromatic rings. The molecule has 7 heteroatoms.